The number of nitrogens with zero attached hydrogens (tertiary/aromatic N) is 2. The number of carbonyl (C=O) groups is 2. The van der Waals surface area contributed by atoms with E-state index in [9.17, 15) is 9.59 Å². The Bertz CT molecular complexity index is 1000. The summed E-state index contributed by atoms with van der Waals surface area (Å²) in [6, 6.07) is 10.3. The van der Waals surface area contributed by atoms with Crippen LogP contribution >= 0.6 is 23.2 Å². The second kappa shape index (κ2) is 12.4. The molecule has 0 radical (unpaired) electrons. The summed E-state index contributed by atoms with van der Waals surface area (Å²) in [6.07, 6.45) is 2.19. The van der Waals surface area contributed by atoms with E-state index in [-0.39, 0.29) is 16.8 Å². The molecule has 1 heterocycles. The summed E-state index contributed by atoms with van der Waals surface area (Å²) >= 11 is 12.1. The largest absolute Gasteiger partial charge is 0.371 e. The Kier molecular flexibility index (Phi) is 9.63. The number of rotatable bonds is 9. The number of carbonyl (C=O) groups excluding carboxylic acids is 2. The lowest BCUT2D eigenvalue weighted by Gasteiger charge is -2.33. The summed E-state index contributed by atoms with van der Waals surface area (Å²) in [7, 11) is 0. The van der Waals surface area contributed by atoms with Crippen LogP contribution in [0.1, 0.15) is 54.3 Å². The van der Waals surface area contributed by atoms with E-state index in [0.717, 1.165) is 51.3 Å². The highest BCUT2D eigenvalue weighted by Crippen LogP contribution is 2.29. The van der Waals surface area contributed by atoms with Crippen LogP contribution in [0.15, 0.2) is 36.4 Å². The minimum Gasteiger partial charge on any atom is -0.371 e. The Morgan fingerprint density at radius 3 is 2.35 bits per heavy atom. The van der Waals surface area contributed by atoms with Crippen LogP contribution in [0.25, 0.3) is 0 Å². The maximum atomic E-state index is 13.2. The number of hydrogen-bond donors (Lipinski definition) is 2. The van der Waals surface area contributed by atoms with Crippen molar-refractivity contribution in [2.24, 2.45) is 5.92 Å². The molecule has 2 N–H and O–H groups in total. The van der Waals surface area contributed by atoms with Crippen molar-refractivity contribution in [3.05, 3.63) is 57.6 Å². The van der Waals surface area contributed by atoms with E-state index < -0.39 is 0 Å². The van der Waals surface area contributed by atoms with Crippen LogP contribution in [-0.4, -0.2) is 56.0 Å². The first-order chi connectivity index (χ1) is 16.3. The van der Waals surface area contributed by atoms with E-state index in [1.807, 2.05) is 12.1 Å². The first-order valence-electron chi connectivity index (χ1n) is 12.0. The van der Waals surface area contributed by atoms with Crippen molar-refractivity contribution < 1.29 is 9.59 Å². The van der Waals surface area contributed by atoms with Crippen LogP contribution in [0.3, 0.4) is 0 Å². The van der Waals surface area contributed by atoms with Gasteiger partial charge in [0, 0.05) is 42.6 Å². The first kappa shape index (κ1) is 26.3. The number of hydrogen-bond acceptors (Lipinski definition) is 4. The highest BCUT2D eigenvalue weighted by atomic mass is 35.5. The molecule has 0 bridgehead atoms. The second-order valence-corrected chi connectivity index (χ2v) is 9.61. The summed E-state index contributed by atoms with van der Waals surface area (Å²) in [4.78, 5) is 30.6. The van der Waals surface area contributed by atoms with Gasteiger partial charge in [0.15, 0.2) is 0 Å². The van der Waals surface area contributed by atoms with Crippen molar-refractivity contribution in [3.8, 4) is 0 Å². The van der Waals surface area contributed by atoms with E-state index in [1.165, 1.54) is 6.07 Å². The number of nitrogens with one attached hydrogen (secondary N) is 2. The highest BCUT2D eigenvalue weighted by molar-refractivity contribution is 6.37. The molecule has 0 aromatic heterocycles. The summed E-state index contributed by atoms with van der Waals surface area (Å²) in [6.45, 7) is 11.5. The zero-order valence-electron chi connectivity index (χ0n) is 20.2. The minimum atomic E-state index is -0.353. The number of anilines is 2. The molecule has 0 aliphatic carbocycles. The van der Waals surface area contributed by atoms with Gasteiger partial charge >= 0.3 is 0 Å². The van der Waals surface area contributed by atoms with Gasteiger partial charge in [0.2, 0.25) is 0 Å². The quantitative estimate of drug-likeness (QED) is 0.469. The van der Waals surface area contributed by atoms with Gasteiger partial charge in [-0.05, 0) is 68.2 Å². The lowest BCUT2D eigenvalue weighted by Crippen LogP contribution is -2.37. The van der Waals surface area contributed by atoms with Crippen LogP contribution in [0, 0.1) is 5.92 Å². The molecule has 0 atom stereocenters. The van der Waals surface area contributed by atoms with Gasteiger partial charge in [-0.1, -0.05) is 44.0 Å². The molecule has 2 amide bonds. The monoisotopic (exact) mass is 504 g/mol. The Hall–Kier alpha value is -2.28. The average Bonchev–Trinajstić information content (AvgIpc) is 2.82. The van der Waals surface area contributed by atoms with Crippen molar-refractivity contribution in [3.63, 3.8) is 0 Å². The normalized spacial score (nSPS) is 14.4. The van der Waals surface area contributed by atoms with Gasteiger partial charge in [-0.3, -0.25) is 9.59 Å². The molecule has 184 valence electrons. The zero-order chi connectivity index (χ0) is 24.7. The van der Waals surface area contributed by atoms with E-state index in [4.69, 9.17) is 23.2 Å². The van der Waals surface area contributed by atoms with Gasteiger partial charge in [-0.2, -0.15) is 0 Å². The van der Waals surface area contributed by atoms with Crippen molar-refractivity contribution >= 4 is 46.4 Å². The molecule has 2 aromatic rings. The third kappa shape index (κ3) is 6.87. The molecule has 8 heteroatoms. The van der Waals surface area contributed by atoms with Gasteiger partial charge < -0.3 is 20.4 Å². The fourth-order valence-corrected chi connectivity index (χ4v) is 4.65. The SMILES string of the molecule is CCN(CC)CCNC(=O)c1cc(NC(=O)c2ccc(Cl)cc2Cl)ccc1N1CCC(C)CC1. The summed E-state index contributed by atoms with van der Waals surface area (Å²) in [5, 5.41) is 6.67. The highest BCUT2D eigenvalue weighted by Gasteiger charge is 2.22. The number of benzene rings is 2. The molecule has 6 nitrogen and oxygen atoms in total. The molecule has 1 aliphatic rings. The Balaban J connectivity index is 1.81. The predicted molar refractivity (Wildman–Crippen MR) is 142 cm³/mol. The minimum absolute atomic E-state index is 0.138. The summed E-state index contributed by atoms with van der Waals surface area (Å²) in [5.74, 6) is 0.195. The van der Waals surface area contributed by atoms with Gasteiger partial charge in [0.05, 0.1) is 16.1 Å². The molecule has 3 rings (SSSR count). The Labute approximate surface area is 212 Å². The summed E-state index contributed by atoms with van der Waals surface area (Å²) in [5.41, 5.74) is 2.33. The van der Waals surface area contributed by atoms with E-state index in [1.54, 1.807) is 18.2 Å². The van der Waals surface area contributed by atoms with Crippen LogP contribution < -0.4 is 15.5 Å². The van der Waals surface area contributed by atoms with Gasteiger partial charge in [0.1, 0.15) is 0 Å². The number of halogens is 2. The molecule has 0 spiro atoms. The van der Waals surface area contributed by atoms with E-state index >= 15 is 0 Å². The van der Waals surface area contributed by atoms with Crippen molar-refractivity contribution in [2.75, 3.05) is 49.5 Å². The van der Waals surface area contributed by atoms with Crippen LogP contribution in [-0.2, 0) is 0 Å². The third-order valence-corrected chi connectivity index (χ3v) is 6.95. The molecule has 2 aromatic carbocycles. The lowest BCUT2D eigenvalue weighted by molar-refractivity contribution is 0.0948. The first-order valence-corrected chi connectivity index (χ1v) is 12.7. The van der Waals surface area contributed by atoms with E-state index in [0.29, 0.717) is 34.3 Å². The van der Waals surface area contributed by atoms with Gasteiger partial charge in [-0.25, -0.2) is 0 Å². The fourth-order valence-electron chi connectivity index (χ4n) is 4.16. The molecule has 0 saturated carbocycles. The molecule has 34 heavy (non-hydrogen) atoms. The van der Waals surface area contributed by atoms with Crippen molar-refractivity contribution in [1.82, 2.24) is 10.2 Å². The average molecular weight is 505 g/mol. The maximum absolute atomic E-state index is 13.2. The Morgan fingerprint density at radius 1 is 1.00 bits per heavy atom. The molecular formula is C26H34Cl2N4O2. The molecule has 0 unspecified atom stereocenters. The van der Waals surface area contributed by atoms with Gasteiger partial charge in [0.25, 0.3) is 11.8 Å². The topological polar surface area (TPSA) is 64.7 Å². The predicted octanol–water partition coefficient (Wildman–Crippen LogP) is 5.55. The van der Waals surface area contributed by atoms with Gasteiger partial charge in [-0.15, -0.1) is 0 Å². The van der Waals surface area contributed by atoms with Crippen molar-refractivity contribution in [2.45, 2.75) is 33.6 Å². The maximum Gasteiger partial charge on any atom is 0.257 e. The third-order valence-electron chi connectivity index (χ3n) is 6.41. The van der Waals surface area contributed by atoms with Crippen molar-refractivity contribution in [1.29, 1.82) is 0 Å². The van der Waals surface area contributed by atoms with Crippen LogP contribution in [0.2, 0.25) is 10.0 Å². The lowest BCUT2D eigenvalue weighted by atomic mass is 9.97. The molecular weight excluding hydrogens is 471 g/mol. The number of likely N-dealkylation sites (N-methyl/N-ethyl adjacent to an activating group) is 1. The second-order valence-electron chi connectivity index (χ2n) is 8.76. The molecule has 1 fully saturated rings. The molecule has 1 aliphatic heterocycles. The fraction of sp³-hybridized carbons (Fsp3) is 0.462. The summed E-state index contributed by atoms with van der Waals surface area (Å²) < 4.78 is 0. The number of amides is 2. The van der Waals surface area contributed by atoms with E-state index in [2.05, 4.69) is 41.2 Å². The Morgan fingerprint density at radius 2 is 1.71 bits per heavy atom. The zero-order valence-corrected chi connectivity index (χ0v) is 21.7. The standard InChI is InChI=1S/C26H34Cl2N4O2/c1-4-31(5-2)15-12-29-25(33)22-17-20(7-9-24(22)32-13-10-18(3)11-14-32)30-26(34)21-8-6-19(27)16-23(21)28/h6-9,16-18H,4-5,10-15H2,1-3H3,(H,29,33)(H,30,34). The van der Waals surface area contributed by atoms with Crippen LogP contribution in [0.4, 0.5) is 11.4 Å². The smallest absolute Gasteiger partial charge is 0.257 e. The molecule has 1 saturated heterocycles. The van der Waals surface area contributed by atoms with Crippen LogP contribution in [0.5, 0.6) is 0 Å². The number of piperidine rings is 1.